The first-order valence-electron chi connectivity index (χ1n) is 9.58. The van der Waals surface area contributed by atoms with Gasteiger partial charge in [0.25, 0.3) is 0 Å². The third-order valence-corrected chi connectivity index (χ3v) is 6.03. The molecule has 10 heteroatoms. The molecule has 166 valence electrons. The Morgan fingerprint density at radius 3 is 2.29 bits per heavy atom. The Balaban J connectivity index is 0.00000341. The monoisotopic (exact) mass is 554 g/mol. The lowest BCUT2D eigenvalue weighted by molar-refractivity contribution is 0.588. The van der Waals surface area contributed by atoms with Gasteiger partial charge in [0.05, 0.1) is 10.6 Å². The molecule has 2 aromatic carbocycles. The average molecular weight is 554 g/mol. The predicted molar refractivity (Wildman–Crippen MR) is 134 cm³/mol. The van der Waals surface area contributed by atoms with Gasteiger partial charge < -0.3 is 10.6 Å². The molecule has 0 bridgehead atoms. The van der Waals surface area contributed by atoms with Crippen LogP contribution in [0, 0.1) is 0 Å². The zero-order valence-electron chi connectivity index (χ0n) is 17.4. The lowest BCUT2D eigenvalue weighted by atomic mass is 10.1. The minimum Gasteiger partial charge on any atom is -0.356 e. The molecule has 8 nitrogen and oxygen atoms in total. The van der Waals surface area contributed by atoms with E-state index in [0.29, 0.717) is 12.5 Å². The second kappa shape index (κ2) is 11.8. The Morgan fingerprint density at radius 2 is 1.71 bits per heavy atom. The summed E-state index contributed by atoms with van der Waals surface area (Å²) in [5.74, 6) is 0.690. The lowest BCUT2D eigenvalue weighted by Crippen LogP contribution is -2.37. The molecule has 3 rings (SSSR count). The van der Waals surface area contributed by atoms with Gasteiger partial charge in [-0.25, -0.2) is 17.8 Å². The molecule has 0 amide bonds. The van der Waals surface area contributed by atoms with E-state index in [1.807, 2.05) is 29.1 Å². The molecule has 0 fully saturated rings. The smallest absolute Gasteiger partial charge is 0.240 e. The van der Waals surface area contributed by atoms with Gasteiger partial charge in [-0.1, -0.05) is 24.3 Å². The van der Waals surface area contributed by atoms with Crippen LogP contribution < -0.4 is 15.4 Å². The number of halogens is 1. The Bertz CT molecular complexity index is 1070. The van der Waals surface area contributed by atoms with Crippen molar-refractivity contribution in [1.82, 2.24) is 25.1 Å². The van der Waals surface area contributed by atoms with Gasteiger partial charge in [0.15, 0.2) is 5.96 Å². The van der Waals surface area contributed by atoms with Crippen molar-refractivity contribution in [1.29, 1.82) is 0 Å². The molecule has 0 radical (unpaired) electrons. The molecule has 1 aromatic heterocycles. The average Bonchev–Trinajstić information content (AvgIpc) is 3.32. The predicted octanol–water partition coefficient (Wildman–Crippen LogP) is 2.31. The highest BCUT2D eigenvalue weighted by Crippen LogP contribution is 2.10. The highest BCUT2D eigenvalue weighted by atomic mass is 127. The molecule has 0 saturated carbocycles. The SMILES string of the molecule is CN=C(NCCc1ccc(-n2cccn2)cc1)NCc1ccc(S(=O)(=O)NC)cc1.I. The van der Waals surface area contributed by atoms with Crippen LogP contribution in [0.4, 0.5) is 0 Å². The fourth-order valence-corrected chi connectivity index (χ4v) is 3.60. The number of aromatic nitrogens is 2. The Kier molecular flexibility index (Phi) is 9.46. The number of hydrogen-bond acceptors (Lipinski definition) is 4. The van der Waals surface area contributed by atoms with Crippen LogP contribution in [0.1, 0.15) is 11.1 Å². The van der Waals surface area contributed by atoms with Crippen molar-refractivity contribution >= 4 is 40.0 Å². The fourth-order valence-electron chi connectivity index (χ4n) is 2.87. The van der Waals surface area contributed by atoms with Gasteiger partial charge in [-0.3, -0.25) is 4.99 Å². The summed E-state index contributed by atoms with van der Waals surface area (Å²) in [5, 5.41) is 10.8. The highest BCUT2D eigenvalue weighted by molar-refractivity contribution is 14.0. The summed E-state index contributed by atoms with van der Waals surface area (Å²) < 4.78 is 27.7. The van der Waals surface area contributed by atoms with E-state index in [9.17, 15) is 8.42 Å². The minimum absolute atomic E-state index is 0. The van der Waals surface area contributed by atoms with E-state index in [1.165, 1.54) is 12.6 Å². The number of sulfonamides is 1. The molecule has 0 atom stereocenters. The van der Waals surface area contributed by atoms with E-state index < -0.39 is 10.0 Å². The number of nitrogens with one attached hydrogen (secondary N) is 3. The molecule has 31 heavy (non-hydrogen) atoms. The number of nitrogens with zero attached hydrogens (tertiary/aromatic N) is 3. The van der Waals surface area contributed by atoms with E-state index in [-0.39, 0.29) is 28.9 Å². The van der Waals surface area contributed by atoms with Gasteiger partial charge in [0.1, 0.15) is 0 Å². The summed E-state index contributed by atoms with van der Waals surface area (Å²) >= 11 is 0. The van der Waals surface area contributed by atoms with Crippen molar-refractivity contribution < 1.29 is 8.42 Å². The van der Waals surface area contributed by atoms with Crippen LogP contribution in [0.2, 0.25) is 0 Å². The molecule has 0 spiro atoms. The third-order valence-electron chi connectivity index (χ3n) is 4.60. The molecule has 1 heterocycles. The van der Waals surface area contributed by atoms with Crippen molar-refractivity contribution in [2.75, 3.05) is 20.6 Å². The van der Waals surface area contributed by atoms with Gasteiger partial charge in [-0.15, -0.1) is 24.0 Å². The molecule has 0 aliphatic carbocycles. The van der Waals surface area contributed by atoms with Gasteiger partial charge in [0.2, 0.25) is 10.0 Å². The Morgan fingerprint density at radius 1 is 1.03 bits per heavy atom. The van der Waals surface area contributed by atoms with Crippen molar-refractivity contribution in [2.24, 2.45) is 4.99 Å². The first-order valence-corrected chi connectivity index (χ1v) is 11.1. The highest BCUT2D eigenvalue weighted by Gasteiger charge is 2.10. The Labute approximate surface area is 200 Å². The van der Waals surface area contributed by atoms with Gasteiger partial charge in [-0.05, 0) is 54.9 Å². The summed E-state index contributed by atoms with van der Waals surface area (Å²) in [7, 11) is -0.300. The summed E-state index contributed by atoms with van der Waals surface area (Å²) in [6.45, 7) is 1.28. The van der Waals surface area contributed by atoms with Crippen molar-refractivity contribution in [3.05, 3.63) is 78.1 Å². The maximum atomic E-state index is 11.8. The minimum atomic E-state index is -3.42. The van der Waals surface area contributed by atoms with Crippen molar-refractivity contribution in [2.45, 2.75) is 17.9 Å². The van der Waals surface area contributed by atoms with Crippen LogP contribution in [0.15, 0.2) is 76.9 Å². The number of hydrogen-bond donors (Lipinski definition) is 3. The van der Waals surface area contributed by atoms with Crippen LogP contribution in [-0.2, 0) is 23.0 Å². The summed E-state index contributed by atoms with van der Waals surface area (Å²) in [5.41, 5.74) is 3.21. The molecule has 0 aliphatic rings. The maximum absolute atomic E-state index is 11.8. The maximum Gasteiger partial charge on any atom is 0.240 e. The number of benzene rings is 2. The molecule has 0 aliphatic heterocycles. The first kappa shape index (κ1) is 24.8. The molecule has 3 aromatic rings. The van der Waals surface area contributed by atoms with Gasteiger partial charge in [0, 0.05) is 32.5 Å². The summed E-state index contributed by atoms with van der Waals surface area (Å²) in [4.78, 5) is 4.47. The van der Waals surface area contributed by atoms with Crippen LogP contribution in [0.5, 0.6) is 0 Å². The second-order valence-corrected chi connectivity index (χ2v) is 8.46. The number of aliphatic imine (C=N–C) groups is 1. The quantitative estimate of drug-likeness (QED) is 0.226. The van der Waals surface area contributed by atoms with E-state index in [4.69, 9.17) is 0 Å². The van der Waals surface area contributed by atoms with Crippen molar-refractivity contribution in [3.63, 3.8) is 0 Å². The summed E-state index contributed by atoms with van der Waals surface area (Å²) in [6.07, 6.45) is 4.53. The normalized spacial score (nSPS) is 11.6. The molecular formula is C21H27IN6O2S. The largest absolute Gasteiger partial charge is 0.356 e. The summed E-state index contributed by atoms with van der Waals surface area (Å²) in [6, 6.07) is 16.9. The van der Waals surface area contributed by atoms with Crippen LogP contribution in [-0.4, -0.2) is 44.8 Å². The zero-order chi connectivity index (χ0) is 21.4. The van der Waals surface area contributed by atoms with Crippen LogP contribution in [0.3, 0.4) is 0 Å². The standard InChI is InChI=1S/C21H26N6O2S.HI/c1-22-21(25-16-18-6-10-20(11-7-18)30(28,29)23-2)24-14-12-17-4-8-19(9-5-17)27-15-3-13-26-27;/h3-11,13,15,23H,12,14,16H2,1-2H3,(H2,22,24,25);1H. The molecular weight excluding hydrogens is 527 g/mol. The zero-order valence-corrected chi connectivity index (χ0v) is 20.6. The number of rotatable bonds is 8. The van der Waals surface area contributed by atoms with E-state index in [2.05, 4.69) is 37.6 Å². The fraction of sp³-hybridized carbons (Fsp3) is 0.238. The topological polar surface area (TPSA) is 100 Å². The first-order chi connectivity index (χ1) is 14.5. The Hall–Kier alpha value is -2.44. The lowest BCUT2D eigenvalue weighted by Gasteiger charge is -2.12. The van der Waals surface area contributed by atoms with Crippen LogP contribution in [0.25, 0.3) is 5.69 Å². The number of guanidine groups is 1. The van der Waals surface area contributed by atoms with Crippen molar-refractivity contribution in [3.8, 4) is 5.69 Å². The van der Waals surface area contributed by atoms with Gasteiger partial charge >= 0.3 is 0 Å². The van der Waals surface area contributed by atoms with E-state index in [0.717, 1.165) is 24.2 Å². The van der Waals surface area contributed by atoms with Crippen LogP contribution >= 0.6 is 24.0 Å². The second-order valence-electron chi connectivity index (χ2n) is 6.57. The van der Waals surface area contributed by atoms with E-state index >= 15 is 0 Å². The third kappa shape index (κ3) is 7.04. The van der Waals surface area contributed by atoms with E-state index in [1.54, 1.807) is 37.5 Å². The molecule has 0 saturated heterocycles. The molecule has 0 unspecified atom stereocenters. The molecule has 3 N–H and O–H groups in total. The van der Waals surface area contributed by atoms with Gasteiger partial charge in [-0.2, -0.15) is 5.10 Å².